The highest BCUT2D eigenvalue weighted by Crippen LogP contribution is 2.33. The molecule has 2 saturated heterocycles. The largest absolute Gasteiger partial charge is 0.454 e. The summed E-state index contributed by atoms with van der Waals surface area (Å²) < 4.78 is 10.9. The monoisotopic (exact) mass is 385 g/mol. The van der Waals surface area contributed by atoms with Crippen LogP contribution < -0.4 is 9.47 Å². The van der Waals surface area contributed by atoms with E-state index in [1.807, 2.05) is 25.1 Å². The van der Waals surface area contributed by atoms with Crippen LogP contribution in [0.5, 0.6) is 11.5 Å². The van der Waals surface area contributed by atoms with Crippen LogP contribution in [-0.2, 0) is 11.3 Å². The number of hydrogen-bond acceptors (Lipinski definition) is 5. The first-order chi connectivity index (χ1) is 13.7. The third-order valence-electron chi connectivity index (χ3n) is 6.04. The van der Waals surface area contributed by atoms with Crippen LogP contribution in [0.3, 0.4) is 0 Å². The van der Waals surface area contributed by atoms with Gasteiger partial charge in [-0.1, -0.05) is 18.2 Å². The van der Waals surface area contributed by atoms with E-state index in [0.29, 0.717) is 19.3 Å². The lowest BCUT2D eigenvalue weighted by Gasteiger charge is -2.43. The molecule has 1 unspecified atom stereocenters. The Morgan fingerprint density at radius 3 is 2.79 bits per heavy atom. The fraction of sp³-hybridized carbons (Fsp3) is 0.591. The molecule has 6 heteroatoms. The number of benzene rings is 1. The molecule has 3 heterocycles. The Morgan fingerprint density at radius 2 is 1.96 bits per heavy atom. The van der Waals surface area contributed by atoms with E-state index in [1.54, 1.807) is 0 Å². The fourth-order valence-corrected chi connectivity index (χ4v) is 4.41. The summed E-state index contributed by atoms with van der Waals surface area (Å²) in [5.74, 6) is 1.98. The molecule has 1 atom stereocenters. The highest BCUT2D eigenvalue weighted by atomic mass is 16.7. The summed E-state index contributed by atoms with van der Waals surface area (Å²) >= 11 is 0. The second kappa shape index (κ2) is 8.97. The van der Waals surface area contributed by atoms with E-state index < -0.39 is 0 Å². The third kappa shape index (κ3) is 4.50. The van der Waals surface area contributed by atoms with Gasteiger partial charge in [0.05, 0.1) is 0 Å². The number of nitrogens with zero attached hydrogens (tertiary/aromatic N) is 3. The van der Waals surface area contributed by atoms with Crippen LogP contribution in [0.2, 0.25) is 0 Å². The Hall–Kier alpha value is -2.05. The van der Waals surface area contributed by atoms with Gasteiger partial charge >= 0.3 is 0 Å². The average molecular weight is 386 g/mol. The quantitative estimate of drug-likeness (QED) is 0.729. The lowest BCUT2D eigenvalue weighted by Crippen LogP contribution is -2.55. The summed E-state index contributed by atoms with van der Waals surface area (Å²) in [5.41, 5.74) is 1.27. The van der Waals surface area contributed by atoms with Gasteiger partial charge < -0.3 is 14.4 Å². The Morgan fingerprint density at radius 1 is 1.14 bits per heavy atom. The van der Waals surface area contributed by atoms with Crippen LogP contribution in [0.4, 0.5) is 0 Å². The van der Waals surface area contributed by atoms with Crippen molar-refractivity contribution in [3.05, 3.63) is 35.9 Å². The molecule has 3 aliphatic rings. The van der Waals surface area contributed by atoms with Crippen molar-refractivity contribution in [3.63, 3.8) is 0 Å². The molecule has 0 bridgehead atoms. The van der Waals surface area contributed by atoms with E-state index in [4.69, 9.17) is 9.47 Å². The first-order valence-corrected chi connectivity index (χ1v) is 10.5. The predicted octanol–water partition coefficient (Wildman–Crippen LogP) is 2.49. The lowest BCUT2D eigenvalue weighted by atomic mass is 10.0. The Labute approximate surface area is 167 Å². The molecule has 0 spiro atoms. The van der Waals surface area contributed by atoms with Crippen molar-refractivity contribution < 1.29 is 14.3 Å². The summed E-state index contributed by atoms with van der Waals surface area (Å²) in [5, 5.41) is 0. The molecule has 4 rings (SSSR count). The topological polar surface area (TPSA) is 45.3 Å². The minimum absolute atomic E-state index is 0.268. The van der Waals surface area contributed by atoms with Gasteiger partial charge in [-0.05, 0) is 37.5 Å². The Kier molecular flexibility index (Phi) is 6.17. The number of allylic oxidation sites excluding steroid dienone is 1. The highest BCUT2D eigenvalue weighted by molar-refractivity contribution is 5.77. The molecular weight excluding hydrogens is 354 g/mol. The van der Waals surface area contributed by atoms with Crippen molar-refractivity contribution in [1.82, 2.24) is 14.7 Å². The van der Waals surface area contributed by atoms with Crippen LogP contribution in [-0.4, -0.2) is 72.7 Å². The molecule has 1 aromatic carbocycles. The van der Waals surface area contributed by atoms with Crippen LogP contribution in [0.1, 0.15) is 31.7 Å². The van der Waals surface area contributed by atoms with Gasteiger partial charge in [-0.3, -0.25) is 14.6 Å². The van der Waals surface area contributed by atoms with E-state index in [2.05, 4.69) is 26.8 Å². The van der Waals surface area contributed by atoms with Gasteiger partial charge in [-0.25, -0.2) is 0 Å². The first kappa shape index (κ1) is 19.3. The molecule has 1 aromatic rings. The van der Waals surface area contributed by atoms with Gasteiger partial charge in [0.15, 0.2) is 11.5 Å². The number of carbonyl (C=O) groups is 1. The second-order valence-corrected chi connectivity index (χ2v) is 7.91. The SMILES string of the molecule is C/C=C/CC(=O)N1CCCC(N2CCN(Cc3ccc4c(c3)OCO4)CC2)C1. The first-order valence-electron chi connectivity index (χ1n) is 10.5. The van der Waals surface area contributed by atoms with E-state index in [1.165, 1.54) is 12.0 Å². The molecule has 1 amide bonds. The van der Waals surface area contributed by atoms with E-state index >= 15 is 0 Å². The standard InChI is InChI=1S/C22H31N3O3/c1-2-3-6-22(26)25-9-4-5-19(16-25)24-12-10-23(11-13-24)15-18-7-8-20-21(14-18)28-17-27-20/h2-3,7-8,14,19H,4-6,9-13,15-17H2,1H3/b3-2+. The molecule has 3 aliphatic heterocycles. The molecule has 0 saturated carbocycles. The number of ether oxygens (including phenoxy) is 2. The lowest BCUT2D eigenvalue weighted by molar-refractivity contribution is -0.132. The zero-order chi connectivity index (χ0) is 19.3. The molecule has 2 fully saturated rings. The molecule has 0 N–H and O–H groups in total. The number of hydrogen-bond donors (Lipinski definition) is 0. The van der Waals surface area contributed by atoms with E-state index in [-0.39, 0.29) is 5.91 Å². The maximum Gasteiger partial charge on any atom is 0.231 e. The van der Waals surface area contributed by atoms with Crippen LogP contribution in [0.15, 0.2) is 30.4 Å². The zero-order valence-corrected chi connectivity index (χ0v) is 16.8. The second-order valence-electron chi connectivity index (χ2n) is 7.91. The van der Waals surface area contributed by atoms with Gasteiger partial charge in [-0.2, -0.15) is 0 Å². The van der Waals surface area contributed by atoms with Crippen LogP contribution in [0, 0.1) is 0 Å². The number of piperazine rings is 1. The number of amides is 1. The minimum Gasteiger partial charge on any atom is -0.454 e. The molecule has 0 radical (unpaired) electrons. The summed E-state index contributed by atoms with van der Waals surface area (Å²) in [7, 11) is 0. The fourth-order valence-electron chi connectivity index (χ4n) is 4.41. The summed E-state index contributed by atoms with van der Waals surface area (Å²) in [6.07, 6.45) is 6.77. The van der Waals surface area contributed by atoms with Crippen LogP contribution >= 0.6 is 0 Å². The zero-order valence-electron chi connectivity index (χ0n) is 16.8. The van der Waals surface area contributed by atoms with Crippen molar-refractivity contribution in [1.29, 1.82) is 0 Å². The number of rotatable bonds is 5. The summed E-state index contributed by atoms with van der Waals surface area (Å²) in [4.78, 5) is 19.5. The smallest absolute Gasteiger partial charge is 0.231 e. The van der Waals surface area contributed by atoms with Crippen molar-refractivity contribution in [2.45, 2.75) is 38.8 Å². The summed E-state index contributed by atoms with van der Waals surface area (Å²) in [6, 6.07) is 6.75. The number of fused-ring (bicyclic) bond motifs is 1. The van der Waals surface area contributed by atoms with E-state index in [0.717, 1.165) is 63.7 Å². The van der Waals surface area contributed by atoms with Crippen molar-refractivity contribution in [2.24, 2.45) is 0 Å². The summed E-state index contributed by atoms with van der Waals surface area (Å²) in [6.45, 7) is 9.33. The van der Waals surface area contributed by atoms with Gasteiger partial charge in [0.25, 0.3) is 0 Å². The highest BCUT2D eigenvalue weighted by Gasteiger charge is 2.29. The van der Waals surface area contributed by atoms with Gasteiger partial charge in [0.1, 0.15) is 0 Å². The molecule has 152 valence electrons. The normalized spacial score (nSPS) is 23.5. The van der Waals surface area contributed by atoms with Gasteiger partial charge in [-0.15, -0.1) is 0 Å². The number of likely N-dealkylation sites (tertiary alicyclic amines) is 1. The molecule has 0 aliphatic carbocycles. The van der Waals surface area contributed by atoms with Gasteiger partial charge in [0.2, 0.25) is 12.7 Å². The van der Waals surface area contributed by atoms with Crippen molar-refractivity contribution >= 4 is 5.91 Å². The Balaban J connectivity index is 1.26. The Bertz CT molecular complexity index is 713. The maximum atomic E-state index is 12.4. The van der Waals surface area contributed by atoms with Crippen molar-refractivity contribution in [3.8, 4) is 11.5 Å². The third-order valence-corrected chi connectivity index (χ3v) is 6.04. The molecule has 0 aromatic heterocycles. The molecular formula is C22H31N3O3. The van der Waals surface area contributed by atoms with Crippen molar-refractivity contribution in [2.75, 3.05) is 46.1 Å². The molecule has 6 nitrogen and oxygen atoms in total. The molecule has 28 heavy (non-hydrogen) atoms. The average Bonchev–Trinajstić information content (AvgIpc) is 3.20. The maximum absolute atomic E-state index is 12.4. The van der Waals surface area contributed by atoms with E-state index in [9.17, 15) is 4.79 Å². The van der Waals surface area contributed by atoms with Gasteiger partial charge in [0, 0.05) is 58.3 Å². The predicted molar refractivity (Wildman–Crippen MR) is 108 cm³/mol. The number of piperidine rings is 1. The minimum atomic E-state index is 0.268. The van der Waals surface area contributed by atoms with Crippen LogP contribution in [0.25, 0.3) is 0 Å². The number of carbonyl (C=O) groups excluding carboxylic acids is 1.